The molecule has 0 aliphatic heterocycles. The molecule has 0 saturated carbocycles. The van der Waals surface area contributed by atoms with Crippen LogP contribution in [0, 0.1) is 0 Å². The summed E-state index contributed by atoms with van der Waals surface area (Å²) in [6.07, 6.45) is 3.34. The Morgan fingerprint density at radius 3 is 1.16 bits per heavy atom. The molecule has 0 spiro atoms. The smallest absolute Gasteiger partial charge is 0.138 e. The first-order valence-corrected chi connectivity index (χ1v) is 16.5. The molecule has 5 heteroatoms. The van der Waals surface area contributed by atoms with Gasteiger partial charge < -0.3 is 9.13 Å². The van der Waals surface area contributed by atoms with Gasteiger partial charge in [-0.15, -0.1) is 0 Å². The lowest BCUT2D eigenvalue weighted by molar-refractivity contribution is 0.879. The lowest BCUT2D eigenvalue weighted by atomic mass is 9.97. The summed E-state index contributed by atoms with van der Waals surface area (Å²) in [7, 11) is 0. The molecule has 0 unspecified atom stereocenters. The number of para-hydroxylation sites is 4. The molecule has 0 radical (unpaired) electrons. The van der Waals surface area contributed by atoms with Gasteiger partial charge in [-0.05, 0) is 89.0 Å². The van der Waals surface area contributed by atoms with E-state index in [2.05, 4.69) is 183 Å². The van der Waals surface area contributed by atoms with Crippen molar-refractivity contribution in [3.05, 3.63) is 176 Å². The monoisotopic (exact) mass is 627 g/mol. The predicted octanol–water partition coefficient (Wildman–Crippen LogP) is 10.8. The summed E-state index contributed by atoms with van der Waals surface area (Å²) < 4.78 is 6.57. The van der Waals surface area contributed by atoms with Gasteiger partial charge in [0.25, 0.3) is 0 Å². The van der Waals surface area contributed by atoms with Crippen molar-refractivity contribution >= 4 is 43.6 Å². The van der Waals surface area contributed by atoms with E-state index in [0.29, 0.717) is 0 Å². The van der Waals surface area contributed by atoms with Crippen LogP contribution < -0.4 is 0 Å². The van der Waals surface area contributed by atoms with Crippen molar-refractivity contribution in [1.29, 1.82) is 0 Å². The van der Waals surface area contributed by atoms with E-state index in [4.69, 9.17) is 0 Å². The van der Waals surface area contributed by atoms with Crippen LogP contribution in [0.3, 0.4) is 0 Å². The normalized spacial score (nSPS) is 11.7. The fourth-order valence-corrected chi connectivity index (χ4v) is 7.47. The van der Waals surface area contributed by atoms with Gasteiger partial charge in [0.15, 0.2) is 0 Å². The minimum atomic E-state index is 0.953. The third kappa shape index (κ3) is 4.40. The van der Waals surface area contributed by atoms with Gasteiger partial charge in [0.05, 0.1) is 27.8 Å². The van der Waals surface area contributed by atoms with Gasteiger partial charge in [-0.1, -0.05) is 97.1 Å². The number of aromatic nitrogens is 5. The van der Waals surface area contributed by atoms with Crippen molar-refractivity contribution in [2.45, 2.75) is 0 Å². The Balaban J connectivity index is 1.15. The maximum Gasteiger partial charge on any atom is 0.138 e. The van der Waals surface area contributed by atoms with Crippen LogP contribution in [0.25, 0.3) is 82.9 Å². The highest BCUT2D eigenvalue weighted by Crippen LogP contribution is 2.37. The van der Waals surface area contributed by atoms with Crippen LogP contribution in [0.15, 0.2) is 176 Å². The van der Waals surface area contributed by atoms with E-state index in [-0.39, 0.29) is 0 Å². The quantitative estimate of drug-likeness (QED) is 0.190. The second-order valence-corrected chi connectivity index (χ2v) is 12.4. The molecule has 0 bridgehead atoms. The van der Waals surface area contributed by atoms with Crippen LogP contribution in [0.2, 0.25) is 0 Å². The molecule has 0 aliphatic rings. The van der Waals surface area contributed by atoms with E-state index in [9.17, 15) is 0 Å². The first-order valence-electron chi connectivity index (χ1n) is 16.5. The Kier molecular flexibility index (Phi) is 6.11. The zero-order valence-electron chi connectivity index (χ0n) is 26.5. The van der Waals surface area contributed by atoms with E-state index in [0.717, 1.165) is 39.3 Å². The van der Waals surface area contributed by atoms with Gasteiger partial charge in [0, 0.05) is 32.9 Å². The third-order valence-electron chi connectivity index (χ3n) is 9.64. The van der Waals surface area contributed by atoms with E-state index in [1.165, 1.54) is 43.6 Å². The average Bonchev–Trinajstić information content (AvgIpc) is 3.91. The number of hydrogen-bond donors (Lipinski definition) is 0. The summed E-state index contributed by atoms with van der Waals surface area (Å²) in [5.41, 5.74) is 12.4. The first kappa shape index (κ1) is 27.4. The summed E-state index contributed by atoms with van der Waals surface area (Å²) in [5, 5.41) is 9.51. The third-order valence-corrected chi connectivity index (χ3v) is 9.64. The summed E-state index contributed by atoms with van der Waals surface area (Å²) in [4.78, 5) is 4.26. The molecule has 0 aliphatic carbocycles. The maximum absolute atomic E-state index is 4.51. The molecule has 7 aromatic carbocycles. The van der Waals surface area contributed by atoms with E-state index >= 15 is 0 Å². The van der Waals surface area contributed by atoms with E-state index < -0.39 is 0 Å². The molecule has 0 atom stereocenters. The molecule has 5 nitrogen and oxygen atoms in total. The number of hydrogen-bond acceptors (Lipinski definition) is 2. The summed E-state index contributed by atoms with van der Waals surface area (Å²) in [5.74, 6) is 0. The van der Waals surface area contributed by atoms with Crippen LogP contribution >= 0.6 is 0 Å². The van der Waals surface area contributed by atoms with Gasteiger partial charge in [0.1, 0.15) is 12.7 Å². The highest BCUT2D eigenvalue weighted by molar-refractivity contribution is 6.10. The summed E-state index contributed by atoms with van der Waals surface area (Å²) in [6.45, 7) is 0. The standard InChI is InChI=1S/C44H29N5/c1-5-19-41-37(15-1)38-16-2-6-20-42(38)48(41)34-13-9-11-30(24-34)32-23-33(27-36(26-32)47-29-45-28-46-47)31-12-10-14-35(25-31)49-43-21-7-3-17-39(43)40-18-4-8-22-44(40)49/h1-29H. The van der Waals surface area contributed by atoms with E-state index in [1.807, 2.05) is 4.68 Å². The van der Waals surface area contributed by atoms with Crippen molar-refractivity contribution in [3.63, 3.8) is 0 Å². The molecule has 49 heavy (non-hydrogen) atoms. The minimum absolute atomic E-state index is 0.953. The Morgan fingerprint density at radius 1 is 0.347 bits per heavy atom. The Hall–Kier alpha value is -6.72. The predicted molar refractivity (Wildman–Crippen MR) is 201 cm³/mol. The van der Waals surface area contributed by atoms with Gasteiger partial charge in [-0.25, -0.2) is 9.67 Å². The van der Waals surface area contributed by atoms with Gasteiger partial charge in [-0.2, -0.15) is 5.10 Å². The van der Waals surface area contributed by atoms with Gasteiger partial charge in [0.2, 0.25) is 0 Å². The van der Waals surface area contributed by atoms with Crippen LogP contribution in [0.1, 0.15) is 0 Å². The highest BCUT2D eigenvalue weighted by Gasteiger charge is 2.15. The zero-order chi connectivity index (χ0) is 32.3. The number of rotatable bonds is 5. The molecule has 3 heterocycles. The molecular formula is C44H29N5. The van der Waals surface area contributed by atoms with Gasteiger partial charge in [-0.3, -0.25) is 0 Å². The summed E-state index contributed by atoms with van der Waals surface area (Å²) in [6, 6.07) is 58.9. The molecule has 0 N–H and O–H groups in total. The fourth-order valence-electron chi connectivity index (χ4n) is 7.47. The van der Waals surface area contributed by atoms with Crippen molar-refractivity contribution < 1.29 is 0 Å². The largest absolute Gasteiger partial charge is 0.309 e. The Labute approximate surface area is 282 Å². The van der Waals surface area contributed by atoms with Crippen molar-refractivity contribution in [2.75, 3.05) is 0 Å². The van der Waals surface area contributed by atoms with Crippen LogP contribution in [0.4, 0.5) is 0 Å². The number of fused-ring (bicyclic) bond motifs is 6. The highest BCUT2D eigenvalue weighted by atomic mass is 15.3. The lowest BCUT2D eigenvalue weighted by Crippen LogP contribution is -1.98. The van der Waals surface area contributed by atoms with E-state index in [1.54, 1.807) is 12.7 Å². The molecule has 0 fully saturated rings. The summed E-state index contributed by atoms with van der Waals surface area (Å²) >= 11 is 0. The van der Waals surface area contributed by atoms with Gasteiger partial charge >= 0.3 is 0 Å². The lowest BCUT2D eigenvalue weighted by Gasteiger charge is -2.14. The molecule has 10 aromatic rings. The zero-order valence-corrected chi connectivity index (χ0v) is 26.5. The average molecular weight is 628 g/mol. The Morgan fingerprint density at radius 2 is 0.755 bits per heavy atom. The topological polar surface area (TPSA) is 40.6 Å². The molecular weight excluding hydrogens is 599 g/mol. The molecule has 10 rings (SSSR count). The molecule has 3 aromatic heterocycles. The molecule has 0 saturated heterocycles. The van der Waals surface area contributed by atoms with Crippen LogP contribution in [0.5, 0.6) is 0 Å². The SMILES string of the molecule is c1cc(-c2cc(-c3cccc(-n4c5ccccc5c5ccccc54)c3)cc(-n3cncn3)c2)cc(-n2c3ccccc3c3ccccc32)c1. The van der Waals surface area contributed by atoms with Crippen molar-refractivity contribution in [2.24, 2.45) is 0 Å². The second-order valence-electron chi connectivity index (χ2n) is 12.4. The van der Waals surface area contributed by atoms with Crippen LogP contribution in [-0.4, -0.2) is 23.9 Å². The maximum atomic E-state index is 4.51. The van der Waals surface area contributed by atoms with Crippen molar-refractivity contribution in [3.8, 4) is 39.3 Å². The second kappa shape index (κ2) is 10.9. The minimum Gasteiger partial charge on any atom is -0.309 e. The fraction of sp³-hybridized carbons (Fsp3) is 0. The number of nitrogens with zero attached hydrogens (tertiary/aromatic N) is 5. The first-order chi connectivity index (χ1) is 24.3. The van der Waals surface area contributed by atoms with Crippen LogP contribution in [-0.2, 0) is 0 Å². The molecule has 230 valence electrons. The number of benzene rings is 7. The molecule has 0 amide bonds. The van der Waals surface area contributed by atoms with Crippen molar-refractivity contribution in [1.82, 2.24) is 23.9 Å². The Bertz CT molecular complexity index is 2550.